The highest BCUT2D eigenvalue weighted by Gasteiger charge is 2.32. The van der Waals surface area contributed by atoms with E-state index in [4.69, 9.17) is 9.47 Å². The minimum absolute atomic E-state index is 0.121. The Kier molecular flexibility index (Phi) is 5.92. The fourth-order valence-corrected chi connectivity index (χ4v) is 3.74. The van der Waals surface area contributed by atoms with Crippen LogP contribution in [0.15, 0.2) is 42.0 Å². The van der Waals surface area contributed by atoms with Gasteiger partial charge in [0.25, 0.3) is 0 Å². The molecule has 1 unspecified atom stereocenters. The summed E-state index contributed by atoms with van der Waals surface area (Å²) in [7, 11) is 1.52. The van der Waals surface area contributed by atoms with E-state index in [1.54, 1.807) is 12.1 Å². The van der Waals surface area contributed by atoms with Crippen molar-refractivity contribution in [3.8, 4) is 11.5 Å². The molecule has 0 saturated carbocycles. The van der Waals surface area contributed by atoms with Crippen molar-refractivity contribution in [1.29, 1.82) is 0 Å². The second-order valence-corrected chi connectivity index (χ2v) is 7.18. The van der Waals surface area contributed by atoms with Gasteiger partial charge in [-0.2, -0.15) is 0 Å². The molecule has 0 amide bonds. The van der Waals surface area contributed by atoms with Crippen molar-refractivity contribution in [2.24, 2.45) is 0 Å². The van der Waals surface area contributed by atoms with Gasteiger partial charge in [0.15, 0.2) is 0 Å². The zero-order valence-corrected chi connectivity index (χ0v) is 16.7. The van der Waals surface area contributed by atoms with E-state index in [0.717, 1.165) is 16.7 Å². The maximum absolute atomic E-state index is 12.0. The van der Waals surface area contributed by atoms with E-state index < -0.39 is 17.9 Å². The third kappa shape index (κ3) is 3.97. The molecular weight excluding hydrogens is 372 g/mol. The molecule has 0 saturated heterocycles. The molecule has 6 heteroatoms. The Labute approximate surface area is 169 Å². The van der Waals surface area contributed by atoms with Crippen LogP contribution in [-0.2, 0) is 22.6 Å². The van der Waals surface area contributed by atoms with Crippen molar-refractivity contribution in [2.75, 3.05) is 7.11 Å². The van der Waals surface area contributed by atoms with E-state index in [0.29, 0.717) is 29.7 Å². The number of hydrogen-bond donors (Lipinski definition) is 2. The van der Waals surface area contributed by atoms with Gasteiger partial charge in [-0.05, 0) is 37.8 Å². The number of phenolic OH excluding ortho intramolecular Hbond substituents is 1. The van der Waals surface area contributed by atoms with Crippen LogP contribution in [0.3, 0.4) is 0 Å². The average Bonchev–Trinajstić information content (AvgIpc) is 3.10. The van der Waals surface area contributed by atoms with Crippen molar-refractivity contribution in [2.45, 2.75) is 39.2 Å². The van der Waals surface area contributed by atoms with Gasteiger partial charge >= 0.3 is 11.9 Å². The molecule has 6 nitrogen and oxygen atoms in total. The quantitative estimate of drug-likeness (QED) is 0.540. The average molecular weight is 396 g/mol. The first-order valence-electron chi connectivity index (χ1n) is 9.36. The second-order valence-electron chi connectivity index (χ2n) is 7.18. The summed E-state index contributed by atoms with van der Waals surface area (Å²) >= 11 is 0. The lowest BCUT2D eigenvalue weighted by Gasteiger charge is -2.16. The van der Waals surface area contributed by atoms with Gasteiger partial charge in [0.1, 0.15) is 23.7 Å². The molecule has 0 radical (unpaired) electrons. The highest BCUT2D eigenvalue weighted by atomic mass is 16.5. The first kappa shape index (κ1) is 20.5. The first-order valence-corrected chi connectivity index (χ1v) is 9.36. The molecule has 1 heterocycles. The van der Waals surface area contributed by atoms with Gasteiger partial charge < -0.3 is 19.7 Å². The van der Waals surface area contributed by atoms with Gasteiger partial charge in [0.2, 0.25) is 0 Å². The molecular formula is C23H24O6. The molecule has 0 spiro atoms. The summed E-state index contributed by atoms with van der Waals surface area (Å²) in [5.41, 5.74) is 3.70. The van der Waals surface area contributed by atoms with E-state index in [1.165, 1.54) is 7.11 Å². The molecule has 0 aliphatic carbocycles. The van der Waals surface area contributed by atoms with Gasteiger partial charge in [-0.25, -0.2) is 4.79 Å². The summed E-state index contributed by atoms with van der Waals surface area (Å²) in [6.45, 7) is 3.81. The van der Waals surface area contributed by atoms with Crippen molar-refractivity contribution in [3.63, 3.8) is 0 Å². The van der Waals surface area contributed by atoms with Gasteiger partial charge in [0.05, 0.1) is 13.0 Å². The largest absolute Gasteiger partial charge is 0.507 e. The number of carboxylic acids is 1. The molecule has 1 aliphatic rings. The topological polar surface area (TPSA) is 93.1 Å². The fraction of sp³-hybridized carbons (Fsp3) is 0.304. The Morgan fingerprint density at radius 2 is 2.00 bits per heavy atom. The molecule has 29 heavy (non-hydrogen) atoms. The highest BCUT2D eigenvalue weighted by Crippen LogP contribution is 2.42. The van der Waals surface area contributed by atoms with Crippen molar-refractivity contribution in [1.82, 2.24) is 0 Å². The van der Waals surface area contributed by atoms with E-state index in [9.17, 15) is 19.8 Å². The molecule has 3 rings (SSSR count). The van der Waals surface area contributed by atoms with Crippen molar-refractivity contribution in [3.05, 3.63) is 69.8 Å². The summed E-state index contributed by atoms with van der Waals surface area (Å²) in [6.07, 6.45) is 2.51. The third-order valence-electron chi connectivity index (χ3n) is 5.33. The molecule has 152 valence electrons. The summed E-state index contributed by atoms with van der Waals surface area (Å²) in [6, 6.07) is 9.09. The van der Waals surface area contributed by atoms with Crippen LogP contribution in [0.4, 0.5) is 0 Å². The molecule has 2 aromatic carbocycles. The summed E-state index contributed by atoms with van der Waals surface area (Å²) in [5.74, 6) is -1.70. The third-order valence-corrected chi connectivity index (χ3v) is 5.33. The lowest BCUT2D eigenvalue weighted by molar-refractivity contribution is -0.138. The maximum Gasteiger partial charge on any atom is 0.342 e. The zero-order valence-electron chi connectivity index (χ0n) is 16.7. The SMILES string of the molecule is COc1c(C)c2c(c(O)c1C/C=C(\C)CC(C(=O)O)c1ccccc1)C(=O)OC2. The van der Waals surface area contributed by atoms with Gasteiger partial charge in [-0.3, -0.25) is 4.79 Å². The normalized spacial score (nSPS) is 14.3. The number of methoxy groups -OCH3 is 1. The predicted octanol–water partition coefficient (Wildman–Crippen LogP) is 4.13. The fourth-order valence-electron chi connectivity index (χ4n) is 3.74. The number of rotatable bonds is 7. The van der Waals surface area contributed by atoms with E-state index in [2.05, 4.69) is 0 Å². The molecule has 2 N–H and O–H groups in total. The van der Waals surface area contributed by atoms with Gasteiger partial charge in [-0.1, -0.05) is 42.0 Å². The lowest BCUT2D eigenvalue weighted by Crippen LogP contribution is -2.12. The summed E-state index contributed by atoms with van der Waals surface area (Å²) in [4.78, 5) is 23.7. The smallest absolute Gasteiger partial charge is 0.342 e. The molecule has 0 bridgehead atoms. The Hall–Kier alpha value is -3.28. The number of cyclic esters (lactones) is 1. The minimum Gasteiger partial charge on any atom is -0.507 e. The standard InChI is InChI=1S/C23H24O6/c1-13(11-17(22(25)26)15-7-5-4-6-8-15)9-10-16-20(24)19-18(12-29-23(19)27)14(2)21(16)28-3/h4-9,17,24H,10-12H2,1-3H3,(H,25,26)/b13-9+. The zero-order chi connectivity index (χ0) is 21.1. The molecule has 1 atom stereocenters. The molecule has 0 fully saturated rings. The minimum atomic E-state index is -0.888. The summed E-state index contributed by atoms with van der Waals surface area (Å²) < 4.78 is 10.5. The first-order chi connectivity index (χ1) is 13.8. The Morgan fingerprint density at radius 3 is 2.62 bits per heavy atom. The number of aliphatic carboxylic acids is 1. The number of phenols is 1. The second kappa shape index (κ2) is 8.39. The Bertz CT molecular complexity index is 975. The van der Waals surface area contributed by atoms with E-state index >= 15 is 0 Å². The monoisotopic (exact) mass is 396 g/mol. The van der Waals surface area contributed by atoms with Crippen LogP contribution in [0.5, 0.6) is 11.5 Å². The number of esters is 1. The number of carbonyl (C=O) groups is 2. The number of allylic oxidation sites excluding steroid dienone is 2. The van der Waals surface area contributed by atoms with Crippen LogP contribution in [0, 0.1) is 6.92 Å². The number of fused-ring (bicyclic) bond motifs is 1. The van der Waals surface area contributed by atoms with E-state index in [1.807, 2.05) is 38.1 Å². The number of carboxylic acid groups (broad SMARTS) is 1. The van der Waals surface area contributed by atoms with Crippen LogP contribution in [0.1, 0.15) is 51.9 Å². The number of carbonyl (C=O) groups excluding carboxylic acids is 1. The highest BCUT2D eigenvalue weighted by molar-refractivity contribution is 5.98. The van der Waals surface area contributed by atoms with Crippen LogP contribution in [0.25, 0.3) is 0 Å². The number of ether oxygens (including phenoxy) is 2. The van der Waals surface area contributed by atoms with Crippen LogP contribution in [-0.4, -0.2) is 29.3 Å². The Morgan fingerprint density at radius 1 is 1.31 bits per heavy atom. The van der Waals surface area contributed by atoms with Crippen molar-refractivity contribution >= 4 is 11.9 Å². The molecule has 1 aliphatic heterocycles. The van der Waals surface area contributed by atoms with E-state index in [-0.39, 0.29) is 17.9 Å². The predicted molar refractivity (Wildman–Crippen MR) is 107 cm³/mol. The van der Waals surface area contributed by atoms with Crippen molar-refractivity contribution < 1.29 is 29.3 Å². The lowest BCUT2D eigenvalue weighted by atomic mass is 9.91. The molecule has 0 aromatic heterocycles. The van der Waals surface area contributed by atoms with Crippen LogP contribution < -0.4 is 4.74 Å². The Balaban J connectivity index is 1.89. The molecule has 2 aromatic rings. The number of hydrogen-bond acceptors (Lipinski definition) is 5. The van der Waals surface area contributed by atoms with Crippen LogP contribution >= 0.6 is 0 Å². The number of aromatic hydroxyl groups is 1. The summed E-state index contributed by atoms with van der Waals surface area (Å²) in [5, 5.41) is 20.3. The number of benzene rings is 2. The van der Waals surface area contributed by atoms with Gasteiger partial charge in [0, 0.05) is 11.1 Å². The van der Waals surface area contributed by atoms with Crippen LogP contribution in [0.2, 0.25) is 0 Å². The van der Waals surface area contributed by atoms with Gasteiger partial charge in [-0.15, -0.1) is 0 Å². The maximum atomic E-state index is 12.0.